The molecule has 0 saturated carbocycles. The molecule has 1 fully saturated rings. The minimum absolute atomic E-state index is 0.192. The first-order valence-electron chi connectivity index (χ1n) is 19.6. The van der Waals surface area contributed by atoms with Crippen molar-refractivity contribution in [2.75, 3.05) is 20.8 Å². The molecule has 59 heavy (non-hydrogen) atoms. The molecule has 0 aromatic heterocycles. The smallest absolute Gasteiger partial charge is 0.311 e. The summed E-state index contributed by atoms with van der Waals surface area (Å²) in [6.07, 6.45) is -4.33. The average Bonchev–Trinajstić information content (AvgIpc) is 3.26. The van der Waals surface area contributed by atoms with E-state index in [1.165, 1.54) is 7.11 Å². The van der Waals surface area contributed by atoms with Crippen LogP contribution in [0.25, 0.3) is 0 Å². The van der Waals surface area contributed by atoms with Crippen molar-refractivity contribution in [2.24, 2.45) is 0 Å². The van der Waals surface area contributed by atoms with Crippen LogP contribution in [0.1, 0.15) is 54.5 Å². The monoisotopic (exact) mass is 804 g/mol. The van der Waals surface area contributed by atoms with Crippen LogP contribution in [0.2, 0.25) is 0 Å². The van der Waals surface area contributed by atoms with E-state index in [-0.39, 0.29) is 50.4 Å². The summed E-state index contributed by atoms with van der Waals surface area (Å²) in [5, 5.41) is 9.69. The van der Waals surface area contributed by atoms with Crippen molar-refractivity contribution in [3.05, 3.63) is 161 Å². The summed E-state index contributed by atoms with van der Waals surface area (Å²) < 4.78 is 48.6. The lowest BCUT2D eigenvalue weighted by atomic mass is 9.78. The molecule has 5 aromatic rings. The second kappa shape index (κ2) is 20.9. The second-order valence-corrected chi connectivity index (χ2v) is 14.8. The van der Waals surface area contributed by atoms with Crippen molar-refractivity contribution in [3.8, 4) is 17.2 Å². The van der Waals surface area contributed by atoms with Gasteiger partial charge in [0, 0.05) is 12.5 Å². The number of methoxy groups -OCH3 is 2. The molecule has 0 spiro atoms. The molecule has 0 radical (unpaired) electrons. The lowest BCUT2D eigenvalue weighted by molar-refractivity contribution is -0.322. The quantitative estimate of drug-likeness (QED) is 0.0643. The number of carbonyl (C=O) groups is 2. The summed E-state index contributed by atoms with van der Waals surface area (Å²) >= 11 is 0. The number of phenols is 1. The Hall–Kier alpha value is -5.56. The SMILES string of the molecule is COc1ccc(CO[C@H]2[C@H](OCc3ccccc3)[C@@H](OCc3ccccc3)[C@@H](OC)O[C@@H]2COC(=O)CCC(=O)Oc2ccc(C(C)(C)c3ccc(O)cc3)cc2)cc1. The van der Waals surface area contributed by atoms with Gasteiger partial charge in [-0.2, -0.15) is 0 Å². The Labute approximate surface area is 345 Å². The highest BCUT2D eigenvalue weighted by Gasteiger charge is 2.49. The van der Waals surface area contributed by atoms with Gasteiger partial charge in [0.25, 0.3) is 0 Å². The van der Waals surface area contributed by atoms with E-state index in [0.717, 1.165) is 27.8 Å². The molecular formula is C48H52O11. The van der Waals surface area contributed by atoms with Crippen LogP contribution in [-0.2, 0) is 63.2 Å². The van der Waals surface area contributed by atoms with E-state index in [1.54, 1.807) is 31.4 Å². The maximum Gasteiger partial charge on any atom is 0.311 e. The summed E-state index contributed by atoms with van der Waals surface area (Å²) in [6, 6.07) is 41.4. The molecule has 0 amide bonds. The Morgan fingerprint density at radius 2 is 1.08 bits per heavy atom. The zero-order chi connectivity index (χ0) is 41.6. The van der Waals surface area contributed by atoms with Gasteiger partial charge in [0.2, 0.25) is 0 Å². The number of hydrogen-bond acceptors (Lipinski definition) is 11. The first kappa shape index (κ1) is 43.0. The Kier molecular flexibility index (Phi) is 15.3. The number of ether oxygens (including phenoxy) is 8. The average molecular weight is 805 g/mol. The summed E-state index contributed by atoms with van der Waals surface area (Å²) in [5.41, 5.74) is 4.47. The minimum Gasteiger partial charge on any atom is -0.508 e. The topological polar surface area (TPSA) is 128 Å². The third-order valence-corrected chi connectivity index (χ3v) is 10.3. The standard InChI is InChI=1S/C48H52O11/c1-48(2,36-17-21-38(49)22-18-36)37-19-25-40(26-20-37)58-43(51)28-27-42(50)54-32-41-44(55-31-35-15-23-39(52-3)24-16-35)45(56-29-33-11-7-5-8-12-33)46(47(53-4)59-41)57-30-34-13-9-6-10-14-34/h5-26,41,44-47,49H,27-32H2,1-4H3/t41-,44-,45+,46-,47+/m1/s1. The van der Waals surface area contributed by atoms with E-state index in [4.69, 9.17) is 37.9 Å². The van der Waals surface area contributed by atoms with Crippen LogP contribution in [0.4, 0.5) is 0 Å². The molecule has 1 heterocycles. The van der Waals surface area contributed by atoms with Gasteiger partial charge in [-0.25, -0.2) is 0 Å². The van der Waals surface area contributed by atoms with E-state index < -0.39 is 42.6 Å². The van der Waals surface area contributed by atoms with Crippen LogP contribution in [0.3, 0.4) is 0 Å². The van der Waals surface area contributed by atoms with Gasteiger partial charge in [-0.3, -0.25) is 9.59 Å². The fourth-order valence-electron chi connectivity index (χ4n) is 6.84. The van der Waals surface area contributed by atoms with Crippen LogP contribution in [0.15, 0.2) is 133 Å². The van der Waals surface area contributed by atoms with Gasteiger partial charge in [0.1, 0.15) is 48.3 Å². The third-order valence-electron chi connectivity index (χ3n) is 10.3. The Morgan fingerprint density at radius 3 is 1.64 bits per heavy atom. The van der Waals surface area contributed by atoms with Crippen molar-refractivity contribution < 1.29 is 52.6 Å². The van der Waals surface area contributed by atoms with Gasteiger partial charge in [-0.05, 0) is 64.2 Å². The number of rotatable bonds is 19. The van der Waals surface area contributed by atoms with E-state index in [2.05, 4.69) is 13.8 Å². The number of benzene rings is 5. The summed E-state index contributed by atoms with van der Waals surface area (Å²) in [4.78, 5) is 26.0. The van der Waals surface area contributed by atoms with E-state index in [0.29, 0.717) is 11.5 Å². The molecule has 0 aliphatic carbocycles. The highest BCUT2D eigenvalue weighted by Crippen LogP contribution is 2.34. The molecule has 1 saturated heterocycles. The van der Waals surface area contributed by atoms with Crippen molar-refractivity contribution in [3.63, 3.8) is 0 Å². The molecule has 310 valence electrons. The third kappa shape index (κ3) is 12.0. The van der Waals surface area contributed by atoms with Crippen LogP contribution in [0.5, 0.6) is 17.2 Å². The van der Waals surface area contributed by atoms with Crippen LogP contribution in [0, 0.1) is 0 Å². The molecule has 1 aliphatic rings. The van der Waals surface area contributed by atoms with Gasteiger partial charge in [0.15, 0.2) is 6.29 Å². The Morgan fingerprint density at radius 1 is 0.593 bits per heavy atom. The van der Waals surface area contributed by atoms with Crippen LogP contribution < -0.4 is 9.47 Å². The highest BCUT2D eigenvalue weighted by atomic mass is 16.7. The number of carbonyl (C=O) groups excluding carboxylic acids is 2. The Balaban J connectivity index is 1.11. The summed E-state index contributed by atoms with van der Waals surface area (Å²) in [6.45, 7) is 4.66. The van der Waals surface area contributed by atoms with Crippen molar-refractivity contribution >= 4 is 11.9 Å². The molecular weight excluding hydrogens is 753 g/mol. The number of hydrogen-bond donors (Lipinski definition) is 1. The number of phenolic OH excluding ortho intramolecular Hbond substituents is 1. The van der Waals surface area contributed by atoms with Gasteiger partial charge in [-0.15, -0.1) is 0 Å². The molecule has 1 N–H and O–H groups in total. The normalized spacial score (nSPS) is 19.2. The van der Waals surface area contributed by atoms with Gasteiger partial charge in [0.05, 0.1) is 39.8 Å². The van der Waals surface area contributed by atoms with Gasteiger partial charge in [-0.1, -0.05) is 111 Å². The van der Waals surface area contributed by atoms with Crippen molar-refractivity contribution in [2.45, 2.75) is 82.6 Å². The first-order chi connectivity index (χ1) is 28.6. The maximum atomic E-state index is 13.1. The summed E-state index contributed by atoms with van der Waals surface area (Å²) in [5.74, 6) is 0.0943. The van der Waals surface area contributed by atoms with E-state index in [9.17, 15) is 14.7 Å². The molecule has 5 aromatic carbocycles. The maximum absolute atomic E-state index is 13.1. The van der Waals surface area contributed by atoms with E-state index >= 15 is 0 Å². The highest BCUT2D eigenvalue weighted by molar-refractivity contribution is 5.79. The zero-order valence-electron chi connectivity index (χ0n) is 33.9. The van der Waals surface area contributed by atoms with E-state index in [1.807, 2.05) is 109 Å². The molecule has 0 bridgehead atoms. The van der Waals surface area contributed by atoms with Crippen molar-refractivity contribution in [1.82, 2.24) is 0 Å². The predicted molar refractivity (Wildman–Crippen MR) is 220 cm³/mol. The van der Waals surface area contributed by atoms with Crippen LogP contribution >= 0.6 is 0 Å². The van der Waals surface area contributed by atoms with Crippen LogP contribution in [-0.4, -0.2) is 68.6 Å². The molecule has 1 aliphatic heterocycles. The zero-order valence-corrected chi connectivity index (χ0v) is 33.9. The molecule has 11 nitrogen and oxygen atoms in total. The number of esters is 2. The lowest BCUT2D eigenvalue weighted by Gasteiger charge is -2.45. The lowest BCUT2D eigenvalue weighted by Crippen LogP contribution is -2.61. The van der Waals surface area contributed by atoms with Crippen molar-refractivity contribution in [1.29, 1.82) is 0 Å². The number of aromatic hydroxyl groups is 1. The molecule has 6 rings (SSSR count). The van der Waals surface area contributed by atoms with Gasteiger partial charge >= 0.3 is 11.9 Å². The van der Waals surface area contributed by atoms with Gasteiger partial charge < -0.3 is 43.0 Å². The predicted octanol–water partition coefficient (Wildman–Crippen LogP) is 8.08. The molecule has 5 atom stereocenters. The molecule has 0 unspecified atom stereocenters. The fraction of sp³-hybridized carbons (Fsp3) is 0.333. The largest absolute Gasteiger partial charge is 0.508 e. The fourth-order valence-corrected chi connectivity index (χ4v) is 6.84. The summed E-state index contributed by atoms with van der Waals surface area (Å²) in [7, 11) is 3.13. The minimum atomic E-state index is -0.892. The second-order valence-electron chi connectivity index (χ2n) is 14.8. The Bertz CT molecular complexity index is 2040. The first-order valence-corrected chi connectivity index (χ1v) is 19.6. The molecule has 11 heteroatoms.